The Hall–Kier alpha value is 0.210. The predicted octanol–water partition coefficient (Wildman–Crippen LogP) is -2.52. The van der Waals surface area contributed by atoms with Gasteiger partial charge >= 0.3 is 0 Å². The van der Waals surface area contributed by atoms with Crippen LogP contribution in [0.4, 0.5) is 0 Å². The Balaban J connectivity index is 0. The van der Waals surface area contributed by atoms with Crippen LogP contribution in [0.15, 0.2) is 0 Å². The van der Waals surface area contributed by atoms with Gasteiger partial charge in [0.15, 0.2) is 0 Å². The highest BCUT2D eigenvalue weighted by atomic mass is 35.5. The fourth-order valence-corrected chi connectivity index (χ4v) is 0. The summed E-state index contributed by atoms with van der Waals surface area (Å²) >= 11 is 0. The van der Waals surface area contributed by atoms with Gasteiger partial charge in [-0.3, -0.25) is 0 Å². The minimum atomic E-state index is 0. The van der Waals surface area contributed by atoms with Crippen molar-refractivity contribution >= 4 is 0 Å². The smallest absolute Gasteiger partial charge is 0.105 e. The second kappa shape index (κ2) is 3.24. The highest BCUT2D eigenvalue weighted by molar-refractivity contribution is 3.99. The first-order chi connectivity index (χ1) is 2.56. The first-order valence-electron chi connectivity index (χ1n) is 2.12. The van der Waals surface area contributed by atoms with Crippen LogP contribution in [0.3, 0.4) is 0 Å². The topological polar surface area (TPSA) is 20.2 Å². The van der Waals surface area contributed by atoms with E-state index in [1.807, 2.05) is 6.92 Å². The van der Waals surface area contributed by atoms with Crippen LogP contribution in [0.1, 0.15) is 6.92 Å². The molecule has 0 amide bonds. The Labute approximate surface area is 50.7 Å². The molecule has 0 aliphatic heterocycles. The molecule has 0 atom stereocenters. The molecule has 0 bridgehead atoms. The van der Waals surface area contributed by atoms with Crippen molar-refractivity contribution in [1.29, 1.82) is 0 Å². The van der Waals surface area contributed by atoms with Crippen LogP contribution in [-0.2, 0) is 0 Å². The number of nitrogens with zero attached hydrogens (tertiary/aromatic N) is 1. The molecule has 0 aromatic rings. The molecule has 0 spiro atoms. The normalized spacial score (nSPS) is 10.3. The highest BCUT2D eigenvalue weighted by Crippen LogP contribution is 1.82. The largest absolute Gasteiger partial charge is 1.00 e. The van der Waals surface area contributed by atoms with E-state index in [0.29, 0.717) is 0 Å². The van der Waals surface area contributed by atoms with E-state index in [1.54, 1.807) is 14.1 Å². The van der Waals surface area contributed by atoms with Gasteiger partial charge in [0.05, 0.1) is 14.1 Å². The first kappa shape index (κ1) is 10.2. The molecule has 0 saturated heterocycles. The summed E-state index contributed by atoms with van der Waals surface area (Å²) in [5, 5.41) is 8.76. The predicted molar refractivity (Wildman–Crippen MR) is 24.4 cm³/mol. The van der Waals surface area contributed by atoms with Crippen LogP contribution in [0, 0.1) is 0 Å². The van der Waals surface area contributed by atoms with Crippen molar-refractivity contribution in [2.45, 2.75) is 6.92 Å². The minimum absolute atomic E-state index is 0. The lowest BCUT2D eigenvalue weighted by Gasteiger charge is -2.15. The Morgan fingerprint density at radius 3 is 1.57 bits per heavy atom. The van der Waals surface area contributed by atoms with Crippen LogP contribution in [0.2, 0.25) is 0 Å². The molecule has 3 heteroatoms. The molecule has 0 rings (SSSR count). The Bertz CT molecular complexity index is 41.4. The number of hydroxylamine groups is 3. The zero-order valence-electron chi connectivity index (χ0n) is 4.98. The highest BCUT2D eigenvalue weighted by Gasteiger charge is 2.02. The molecule has 1 N–H and O–H groups in total. The summed E-state index contributed by atoms with van der Waals surface area (Å²) in [4.78, 5) is 0. The molecular formula is C4H12ClNO. The third-order valence-corrected chi connectivity index (χ3v) is 0.774. The van der Waals surface area contributed by atoms with E-state index in [1.165, 1.54) is 0 Å². The SMILES string of the molecule is CC[N+](C)(C)O.[Cl-]. The van der Waals surface area contributed by atoms with Gasteiger partial charge in [0.2, 0.25) is 0 Å². The Morgan fingerprint density at radius 1 is 1.43 bits per heavy atom. The van der Waals surface area contributed by atoms with Crippen molar-refractivity contribution in [1.82, 2.24) is 0 Å². The van der Waals surface area contributed by atoms with Gasteiger partial charge in [0.1, 0.15) is 6.54 Å². The van der Waals surface area contributed by atoms with Gasteiger partial charge in [0.25, 0.3) is 0 Å². The monoisotopic (exact) mass is 125 g/mol. The van der Waals surface area contributed by atoms with Crippen LogP contribution < -0.4 is 12.4 Å². The molecule has 0 radical (unpaired) electrons. The summed E-state index contributed by atoms with van der Waals surface area (Å²) in [6.45, 7) is 2.69. The van der Waals surface area contributed by atoms with Gasteiger partial charge in [-0.25, -0.2) is 5.21 Å². The maximum Gasteiger partial charge on any atom is 0.105 e. The Morgan fingerprint density at radius 2 is 1.57 bits per heavy atom. The van der Waals surface area contributed by atoms with Crippen LogP contribution in [0.25, 0.3) is 0 Å². The summed E-state index contributed by atoms with van der Waals surface area (Å²) in [5.41, 5.74) is 0. The van der Waals surface area contributed by atoms with Crippen molar-refractivity contribution in [3.05, 3.63) is 0 Å². The second-order valence-electron chi connectivity index (χ2n) is 1.94. The van der Waals surface area contributed by atoms with Crippen LogP contribution in [0.5, 0.6) is 0 Å². The maximum atomic E-state index is 8.76. The lowest BCUT2D eigenvalue weighted by atomic mass is 10.7. The zero-order chi connectivity index (χ0) is 5.21. The quantitative estimate of drug-likeness (QED) is 0.303. The molecule has 46 valence electrons. The van der Waals surface area contributed by atoms with E-state index >= 15 is 0 Å². The van der Waals surface area contributed by atoms with Crippen molar-refractivity contribution < 1.29 is 22.3 Å². The number of hydrogen-bond acceptors (Lipinski definition) is 1. The third kappa shape index (κ3) is 10.7. The molecule has 0 fully saturated rings. The van der Waals surface area contributed by atoms with Gasteiger partial charge < -0.3 is 12.4 Å². The molecule has 0 aliphatic rings. The third-order valence-electron chi connectivity index (χ3n) is 0.774. The van der Waals surface area contributed by atoms with Gasteiger partial charge in [-0.05, 0) is 6.92 Å². The second-order valence-corrected chi connectivity index (χ2v) is 1.94. The fourth-order valence-electron chi connectivity index (χ4n) is 0. The fraction of sp³-hybridized carbons (Fsp3) is 1.00. The summed E-state index contributed by atoms with van der Waals surface area (Å²) in [5.74, 6) is 0. The van der Waals surface area contributed by atoms with Crippen molar-refractivity contribution in [2.75, 3.05) is 20.6 Å². The lowest BCUT2D eigenvalue weighted by Crippen LogP contribution is -3.00. The van der Waals surface area contributed by atoms with Gasteiger partial charge in [-0.1, -0.05) is 0 Å². The molecule has 0 unspecified atom stereocenters. The Kier molecular flexibility index (Phi) is 4.75. The molecular weight excluding hydrogens is 114 g/mol. The maximum absolute atomic E-state index is 8.76. The summed E-state index contributed by atoms with van der Waals surface area (Å²) in [6.07, 6.45) is 0. The summed E-state index contributed by atoms with van der Waals surface area (Å²) < 4.78 is 0.0694. The molecule has 0 heterocycles. The number of quaternary nitrogens is 1. The van der Waals surface area contributed by atoms with E-state index in [4.69, 9.17) is 5.21 Å². The van der Waals surface area contributed by atoms with Crippen LogP contribution >= 0.6 is 0 Å². The standard InChI is InChI=1S/C4H12NO.ClH/c1-4-5(2,3)6;/h6H,4H2,1-3H3;1H/q+1;/p-1. The minimum Gasteiger partial charge on any atom is -1.00 e. The number of rotatable bonds is 1. The van der Waals surface area contributed by atoms with Crippen LogP contribution in [-0.4, -0.2) is 30.5 Å². The van der Waals surface area contributed by atoms with Crippen molar-refractivity contribution in [2.24, 2.45) is 0 Å². The molecule has 0 saturated carbocycles. The molecule has 0 aromatic carbocycles. The average molecular weight is 126 g/mol. The van der Waals surface area contributed by atoms with E-state index in [-0.39, 0.29) is 17.1 Å². The first-order valence-corrected chi connectivity index (χ1v) is 2.12. The zero-order valence-corrected chi connectivity index (χ0v) is 5.74. The number of hydrogen-bond donors (Lipinski definition) is 1. The van der Waals surface area contributed by atoms with Gasteiger partial charge in [-0.15, -0.1) is 0 Å². The average Bonchev–Trinajstić information content (AvgIpc) is 1.35. The van der Waals surface area contributed by atoms with E-state index in [9.17, 15) is 0 Å². The van der Waals surface area contributed by atoms with Crippen molar-refractivity contribution in [3.63, 3.8) is 0 Å². The molecule has 7 heavy (non-hydrogen) atoms. The molecule has 0 aliphatic carbocycles. The summed E-state index contributed by atoms with van der Waals surface area (Å²) in [7, 11) is 3.47. The van der Waals surface area contributed by atoms with E-state index in [2.05, 4.69) is 0 Å². The number of halogens is 1. The molecule has 0 aromatic heterocycles. The van der Waals surface area contributed by atoms with Crippen molar-refractivity contribution in [3.8, 4) is 0 Å². The van der Waals surface area contributed by atoms with E-state index in [0.717, 1.165) is 6.54 Å². The lowest BCUT2D eigenvalue weighted by molar-refractivity contribution is -1.07. The molecule has 2 nitrogen and oxygen atoms in total. The van der Waals surface area contributed by atoms with Gasteiger partial charge in [-0.2, -0.15) is 4.65 Å². The van der Waals surface area contributed by atoms with Gasteiger partial charge in [0, 0.05) is 0 Å². The summed E-state index contributed by atoms with van der Waals surface area (Å²) in [6, 6.07) is 0. The van der Waals surface area contributed by atoms with E-state index < -0.39 is 0 Å².